The van der Waals surface area contributed by atoms with Crippen LogP contribution in [0.25, 0.3) is 0 Å². The van der Waals surface area contributed by atoms with Crippen molar-refractivity contribution < 1.29 is 9.53 Å². The van der Waals surface area contributed by atoms with Crippen molar-refractivity contribution in [1.82, 2.24) is 10.2 Å². The third kappa shape index (κ3) is 5.16. The minimum atomic E-state index is 0.112. The van der Waals surface area contributed by atoms with Crippen LogP contribution in [0.3, 0.4) is 0 Å². The van der Waals surface area contributed by atoms with Gasteiger partial charge in [0.05, 0.1) is 7.11 Å². The van der Waals surface area contributed by atoms with Gasteiger partial charge in [-0.2, -0.15) is 0 Å². The molecule has 0 atom stereocenters. The zero-order valence-corrected chi connectivity index (χ0v) is 18.1. The van der Waals surface area contributed by atoms with Gasteiger partial charge in [-0.3, -0.25) is 0 Å². The van der Waals surface area contributed by atoms with E-state index in [1.807, 2.05) is 12.1 Å². The topological polar surface area (TPSA) is 41.6 Å². The van der Waals surface area contributed by atoms with Gasteiger partial charge in [-0.25, -0.2) is 4.79 Å². The van der Waals surface area contributed by atoms with Gasteiger partial charge in [0.25, 0.3) is 0 Å². The molecule has 0 bridgehead atoms. The van der Waals surface area contributed by atoms with Gasteiger partial charge in [0.2, 0.25) is 0 Å². The lowest BCUT2D eigenvalue weighted by molar-refractivity contribution is 0.144. The summed E-state index contributed by atoms with van der Waals surface area (Å²) in [7, 11) is 1.68. The molecule has 30 heavy (non-hydrogen) atoms. The quantitative estimate of drug-likeness (QED) is 0.651. The second-order valence-electron chi connectivity index (χ2n) is 8.82. The Labute approximate surface area is 180 Å². The average molecular weight is 407 g/mol. The van der Waals surface area contributed by atoms with E-state index in [1.54, 1.807) is 7.11 Å². The lowest BCUT2D eigenvalue weighted by Crippen LogP contribution is -2.49. The molecule has 0 unspecified atom stereocenters. The zero-order chi connectivity index (χ0) is 20.8. The maximum atomic E-state index is 13.3. The number of carbonyl (C=O) groups excluding carboxylic acids is 1. The van der Waals surface area contributed by atoms with Gasteiger partial charge in [-0.1, -0.05) is 55.3 Å². The van der Waals surface area contributed by atoms with E-state index in [1.165, 1.54) is 18.4 Å². The third-order valence-corrected chi connectivity index (χ3v) is 6.86. The Bertz CT molecular complexity index is 792. The van der Waals surface area contributed by atoms with Crippen LogP contribution in [0, 0.1) is 0 Å². The number of rotatable bonds is 6. The monoisotopic (exact) mass is 406 g/mol. The number of benzene rings is 2. The molecule has 4 rings (SSSR count). The Morgan fingerprint density at radius 1 is 0.933 bits per heavy atom. The van der Waals surface area contributed by atoms with E-state index in [9.17, 15) is 4.79 Å². The third-order valence-electron chi connectivity index (χ3n) is 6.86. The highest BCUT2D eigenvalue weighted by atomic mass is 16.5. The molecule has 1 N–H and O–H groups in total. The molecule has 4 nitrogen and oxygen atoms in total. The summed E-state index contributed by atoms with van der Waals surface area (Å²) in [6.07, 6.45) is 9.10. The lowest BCUT2D eigenvalue weighted by Gasteiger charge is -2.38. The van der Waals surface area contributed by atoms with E-state index in [0.29, 0.717) is 24.5 Å². The normalized spacial score (nSPS) is 21.9. The number of amides is 2. The molecule has 0 spiro atoms. The molecule has 0 saturated heterocycles. The fourth-order valence-electron chi connectivity index (χ4n) is 5.07. The molecule has 0 aromatic heterocycles. The largest absolute Gasteiger partial charge is 0.497 e. The van der Waals surface area contributed by atoms with Crippen molar-refractivity contribution in [3.8, 4) is 5.75 Å². The lowest BCUT2D eigenvalue weighted by atomic mass is 9.81. The van der Waals surface area contributed by atoms with Crippen LogP contribution in [-0.2, 0) is 6.54 Å². The van der Waals surface area contributed by atoms with Crippen molar-refractivity contribution in [3.63, 3.8) is 0 Å². The predicted octanol–water partition coefficient (Wildman–Crippen LogP) is 5.88. The van der Waals surface area contributed by atoms with Crippen molar-refractivity contribution in [2.75, 3.05) is 7.11 Å². The number of urea groups is 1. The molecule has 2 saturated carbocycles. The first kappa shape index (κ1) is 20.8. The number of ether oxygens (including phenoxy) is 1. The molecule has 0 radical (unpaired) electrons. The van der Waals surface area contributed by atoms with Crippen molar-refractivity contribution in [3.05, 3.63) is 65.7 Å². The molecule has 2 aliphatic carbocycles. The Hall–Kier alpha value is -2.49. The second kappa shape index (κ2) is 10.0. The van der Waals surface area contributed by atoms with Crippen molar-refractivity contribution >= 4 is 6.03 Å². The van der Waals surface area contributed by atoms with Gasteiger partial charge in [0.1, 0.15) is 5.75 Å². The molecule has 4 heteroatoms. The molecule has 2 aromatic carbocycles. The van der Waals surface area contributed by atoms with Crippen molar-refractivity contribution in [2.45, 2.75) is 75.9 Å². The van der Waals surface area contributed by atoms with Crippen LogP contribution in [-0.4, -0.2) is 30.1 Å². The number of carbonyl (C=O) groups is 1. The first-order valence-electron chi connectivity index (χ1n) is 11.5. The van der Waals surface area contributed by atoms with Gasteiger partial charge >= 0.3 is 6.03 Å². The number of methoxy groups -OCH3 is 1. The molecule has 0 aliphatic heterocycles. The summed E-state index contributed by atoms with van der Waals surface area (Å²) in [6, 6.07) is 19.7. The van der Waals surface area contributed by atoms with Crippen LogP contribution in [0.5, 0.6) is 5.75 Å². The first-order chi connectivity index (χ1) is 14.7. The Kier molecular flexibility index (Phi) is 6.93. The summed E-state index contributed by atoms with van der Waals surface area (Å²) >= 11 is 0. The smallest absolute Gasteiger partial charge is 0.318 e. The molecule has 2 aliphatic rings. The minimum Gasteiger partial charge on any atom is -0.497 e. The Balaban J connectivity index is 1.44. The summed E-state index contributed by atoms with van der Waals surface area (Å²) in [5.74, 6) is 1.47. The van der Waals surface area contributed by atoms with Gasteiger partial charge in [0, 0.05) is 18.6 Å². The van der Waals surface area contributed by atoms with Crippen LogP contribution in [0.15, 0.2) is 54.6 Å². The van der Waals surface area contributed by atoms with Crippen molar-refractivity contribution in [1.29, 1.82) is 0 Å². The average Bonchev–Trinajstić information content (AvgIpc) is 3.31. The van der Waals surface area contributed by atoms with Crippen LogP contribution >= 0.6 is 0 Å². The summed E-state index contributed by atoms with van der Waals surface area (Å²) in [5, 5.41) is 3.32. The summed E-state index contributed by atoms with van der Waals surface area (Å²) in [4.78, 5) is 15.4. The van der Waals surface area contributed by atoms with Gasteiger partial charge in [0.15, 0.2) is 0 Å². The SMILES string of the molecule is COc1ccc(CN(C(=O)NC2CCCC2)C2CCC(c3ccccc3)CC2)cc1. The molecule has 2 fully saturated rings. The number of nitrogens with zero attached hydrogens (tertiary/aromatic N) is 1. The summed E-state index contributed by atoms with van der Waals surface area (Å²) in [6.45, 7) is 0.656. The number of hydrogen-bond acceptors (Lipinski definition) is 2. The van der Waals surface area contributed by atoms with Crippen LogP contribution in [0.1, 0.15) is 68.4 Å². The standard InChI is InChI=1S/C26H34N2O2/c1-30-25-17-11-20(12-18-25)19-28(26(29)27-23-9-5-6-10-23)24-15-13-22(14-16-24)21-7-3-2-4-8-21/h2-4,7-8,11-12,17-18,22-24H,5-6,9-10,13-16,19H2,1H3,(H,27,29). The van der Waals surface area contributed by atoms with Gasteiger partial charge in [-0.15, -0.1) is 0 Å². The number of nitrogens with one attached hydrogen (secondary N) is 1. The predicted molar refractivity (Wildman–Crippen MR) is 121 cm³/mol. The summed E-state index contributed by atoms with van der Waals surface area (Å²) < 4.78 is 5.29. The van der Waals surface area contributed by atoms with E-state index >= 15 is 0 Å². The van der Waals surface area contributed by atoms with Gasteiger partial charge < -0.3 is 15.0 Å². The molecule has 160 valence electrons. The molecule has 2 amide bonds. The number of hydrogen-bond donors (Lipinski definition) is 1. The van der Waals surface area contributed by atoms with Crippen LogP contribution in [0.2, 0.25) is 0 Å². The fraction of sp³-hybridized carbons (Fsp3) is 0.500. The van der Waals surface area contributed by atoms with E-state index in [0.717, 1.165) is 49.8 Å². The van der Waals surface area contributed by atoms with Crippen LogP contribution in [0.4, 0.5) is 4.79 Å². The van der Waals surface area contributed by atoms with E-state index < -0.39 is 0 Å². The van der Waals surface area contributed by atoms with Crippen LogP contribution < -0.4 is 10.1 Å². The highest BCUT2D eigenvalue weighted by molar-refractivity contribution is 5.75. The Morgan fingerprint density at radius 3 is 2.23 bits per heavy atom. The highest BCUT2D eigenvalue weighted by Crippen LogP contribution is 2.35. The maximum Gasteiger partial charge on any atom is 0.318 e. The van der Waals surface area contributed by atoms with Crippen molar-refractivity contribution in [2.24, 2.45) is 0 Å². The minimum absolute atomic E-state index is 0.112. The molecular formula is C26H34N2O2. The molecule has 0 heterocycles. The fourth-order valence-corrected chi connectivity index (χ4v) is 5.07. The Morgan fingerprint density at radius 2 is 1.60 bits per heavy atom. The van der Waals surface area contributed by atoms with Gasteiger partial charge in [-0.05, 0) is 67.7 Å². The van der Waals surface area contributed by atoms with E-state index in [4.69, 9.17) is 4.74 Å². The maximum absolute atomic E-state index is 13.3. The zero-order valence-electron chi connectivity index (χ0n) is 18.1. The molecule has 2 aromatic rings. The van der Waals surface area contributed by atoms with E-state index in [-0.39, 0.29) is 6.03 Å². The first-order valence-corrected chi connectivity index (χ1v) is 11.5. The second-order valence-corrected chi connectivity index (χ2v) is 8.82. The summed E-state index contributed by atoms with van der Waals surface area (Å²) in [5.41, 5.74) is 2.59. The highest BCUT2D eigenvalue weighted by Gasteiger charge is 2.31. The molecular weight excluding hydrogens is 372 g/mol. The van der Waals surface area contributed by atoms with E-state index in [2.05, 4.69) is 52.7 Å².